The highest BCUT2D eigenvalue weighted by molar-refractivity contribution is 9.10. The van der Waals surface area contributed by atoms with Gasteiger partial charge in [0.05, 0.1) is 0 Å². The van der Waals surface area contributed by atoms with Gasteiger partial charge in [-0.2, -0.15) is 0 Å². The third-order valence-electron chi connectivity index (χ3n) is 3.08. The molecule has 1 aromatic heterocycles. The van der Waals surface area contributed by atoms with E-state index in [1.165, 1.54) is 0 Å². The zero-order valence-electron chi connectivity index (χ0n) is 9.82. The number of likely N-dealkylation sites (N-methyl/N-ethyl adjacent to an activating group) is 1. The minimum atomic E-state index is 0.0115. The number of amides is 1. The maximum atomic E-state index is 12.3. The Balaban J connectivity index is 2.12. The molecule has 0 radical (unpaired) electrons. The van der Waals surface area contributed by atoms with Crippen LogP contribution in [0.4, 0.5) is 0 Å². The van der Waals surface area contributed by atoms with E-state index in [9.17, 15) is 4.79 Å². The molecule has 1 aromatic rings. The van der Waals surface area contributed by atoms with Crippen LogP contribution in [-0.2, 0) is 0 Å². The highest BCUT2D eigenvalue weighted by atomic mass is 79.9. The van der Waals surface area contributed by atoms with Crippen LogP contribution < -0.4 is 5.32 Å². The summed E-state index contributed by atoms with van der Waals surface area (Å²) in [6.07, 6.45) is 3.82. The van der Waals surface area contributed by atoms with Crippen molar-refractivity contribution in [3.8, 4) is 0 Å². The van der Waals surface area contributed by atoms with Crippen molar-refractivity contribution in [1.82, 2.24) is 15.2 Å². The monoisotopic (exact) mass is 297 g/mol. The normalized spacial score (nSPS) is 20.4. The third kappa shape index (κ3) is 2.84. The Morgan fingerprint density at radius 2 is 2.47 bits per heavy atom. The van der Waals surface area contributed by atoms with Crippen molar-refractivity contribution in [2.75, 3.05) is 20.1 Å². The second-order valence-electron chi connectivity index (χ2n) is 4.21. The summed E-state index contributed by atoms with van der Waals surface area (Å²) in [5.74, 6) is 0.0115. The number of pyridine rings is 1. The molecule has 1 amide bonds. The summed E-state index contributed by atoms with van der Waals surface area (Å²) in [6, 6.07) is 4.06. The first-order chi connectivity index (χ1) is 8.22. The van der Waals surface area contributed by atoms with Gasteiger partial charge in [-0.05, 0) is 48.0 Å². The van der Waals surface area contributed by atoms with Gasteiger partial charge in [0.15, 0.2) is 0 Å². The van der Waals surface area contributed by atoms with Gasteiger partial charge >= 0.3 is 0 Å². The molecule has 0 aliphatic carbocycles. The molecule has 1 saturated heterocycles. The van der Waals surface area contributed by atoms with Gasteiger partial charge in [-0.3, -0.25) is 4.79 Å². The number of piperidine rings is 1. The van der Waals surface area contributed by atoms with Gasteiger partial charge in [-0.15, -0.1) is 0 Å². The number of nitrogens with one attached hydrogen (secondary N) is 1. The summed E-state index contributed by atoms with van der Waals surface area (Å²) in [5.41, 5.74) is 0.504. The van der Waals surface area contributed by atoms with E-state index in [4.69, 9.17) is 0 Å². The van der Waals surface area contributed by atoms with Crippen LogP contribution in [0.15, 0.2) is 22.8 Å². The number of carbonyl (C=O) groups excluding carboxylic acids is 1. The Kier molecular flexibility index (Phi) is 4.12. The number of nitrogens with zero attached hydrogens (tertiary/aromatic N) is 2. The Hall–Kier alpha value is -0.940. The summed E-state index contributed by atoms with van der Waals surface area (Å²) in [7, 11) is 1.94. The highest BCUT2D eigenvalue weighted by Gasteiger charge is 2.25. The fourth-order valence-corrected chi connectivity index (χ4v) is 2.51. The van der Waals surface area contributed by atoms with E-state index in [-0.39, 0.29) is 5.91 Å². The molecule has 0 spiro atoms. The van der Waals surface area contributed by atoms with Crippen molar-refractivity contribution in [1.29, 1.82) is 0 Å². The number of likely N-dealkylation sites (tertiary alicyclic amines) is 1. The van der Waals surface area contributed by atoms with Crippen molar-refractivity contribution in [3.63, 3.8) is 0 Å². The summed E-state index contributed by atoms with van der Waals surface area (Å²) in [4.78, 5) is 18.3. The molecule has 1 aliphatic rings. The quantitative estimate of drug-likeness (QED) is 0.903. The fourth-order valence-electron chi connectivity index (χ4n) is 2.09. The van der Waals surface area contributed by atoms with Crippen LogP contribution in [0.1, 0.15) is 23.3 Å². The number of hydrogen-bond donors (Lipinski definition) is 1. The zero-order valence-corrected chi connectivity index (χ0v) is 11.4. The number of hydrogen-bond acceptors (Lipinski definition) is 3. The largest absolute Gasteiger partial charge is 0.336 e. The van der Waals surface area contributed by atoms with Crippen LogP contribution in [0.2, 0.25) is 0 Å². The number of halogens is 1. The zero-order chi connectivity index (χ0) is 12.3. The smallest absolute Gasteiger partial charge is 0.273 e. The van der Waals surface area contributed by atoms with E-state index in [2.05, 4.69) is 26.2 Å². The molecular formula is C12H16BrN3O. The molecule has 1 atom stereocenters. The van der Waals surface area contributed by atoms with Crippen molar-refractivity contribution in [2.24, 2.45) is 0 Å². The second-order valence-corrected chi connectivity index (χ2v) is 5.07. The lowest BCUT2D eigenvalue weighted by atomic mass is 10.1. The van der Waals surface area contributed by atoms with E-state index >= 15 is 0 Å². The Morgan fingerprint density at radius 1 is 1.65 bits per heavy atom. The molecule has 1 fully saturated rings. The van der Waals surface area contributed by atoms with E-state index in [0.717, 1.165) is 30.4 Å². The summed E-state index contributed by atoms with van der Waals surface area (Å²) in [6.45, 7) is 1.58. The van der Waals surface area contributed by atoms with Crippen LogP contribution in [0.3, 0.4) is 0 Å². The lowest BCUT2D eigenvalue weighted by Crippen LogP contribution is -2.47. The molecule has 5 heteroatoms. The first-order valence-corrected chi connectivity index (χ1v) is 6.58. The number of aromatic nitrogens is 1. The minimum absolute atomic E-state index is 0.0115. The van der Waals surface area contributed by atoms with Crippen LogP contribution in [0.25, 0.3) is 0 Å². The van der Waals surface area contributed by atoms with Crippen molar-refractivity contribution < 1.29 is 4.79 Å². The van der Waals surface area contributed by atoms with Gasteiger partial charge < -0.3 is 10.2 Å². The maximum absolute atomic E-state index is 12.3. The summed E-state index contributed by atoms with van der Waals surface area (Å²) in [5, 5.41) is 3.23. The van der Waals surface area contributed by atoms with Gasteiger partial charge in [0.1, 0.15) is 5.69 Å². The first kappa shape index (κ1) is 12.5. The molecule has 4 nitrogen and oxygen atoms in total. The van der Waals surface area contributed by atoms with E-state index in [0.29, 0.717) is 11.7 Å². The fraction of sp³-hybridized carbons (Fsp3) is 0.500. The van der Waals surface area contributed by atoms with Gasteiger partial charge in [0.2, 0.25) is 0 Å². The molecule has 0 aromatic carbocycles. The molecule has 1 aliphatic heterocycles. The average Bonchev–Trinajstić information content (AvgIpc) is 2.38. The van der Waals surface area contributed by atoms with E-state index in [1.54, 1.807) is 6.20 Å². The van der Waals surface area contributed by atoms with Crippen molar-refractivity contribution in [3.05, 3.63) is 28.5 Å². The summed E-state index contributed by atoms with van der Waals surface area (Å²) >= 11 is 3.37. The molecule has 1 N–H and O–H groups in total. The van der Waals surface area contributed by atoms with Gasteiger partial charge in [0, 0.05) is 29.8 Å². The molecule has 17 heavy (non-hydrogen) atoms. The standard InChI is InChI=1S/C12H16BrN3O/c1-14-9-4-3-7-16(8-9)12(17)11-10(13)5-2-6-15-11/h2,5-6,9,14H,3-4,7-8H2,1H3. The predicted octanol–water partition coefficient (Wildman–Crippen LogP) is 1.67. The predicted molar refractivity (Wildman–Crippen MR) is 69.9 cm³/mol. The van der Waals surface area contributed by atoms with Crippen molar-refractivity contribution >= 4 is 21.8 Å². The minimum Gasteiger partial charge on any atom is -0.336 e. The van der Waals surface area contributed by atoms with Gasteiger partial charge in [-0.25, -0.2) is 4.98 Å². The molecule has 92 valence electrons. The SMILES string of the molecule is CNC1CCCN(C(=O)c2ncccc2Br)C1. The van der Waals surface area contributed by atoms with Crippen LogP contribution >= 0.6 is 15.9 Å². The van der Waals surface area contributed by atoms with E-state index in [1.807, 2.05) is 24.1 Å². The first-order valence-electron chi connectivity index (χ1n) is 5.79. The third-order valence-corrected chi connectivity index (χ3v) is 3.72. The molecule has 2 rings (SSSR count). The number of carbonyl (C=O) groups is 1. The Morgan fingerprint density at radius 3 is 3.18 bits per heavy atom. The topological polar surface area (TPSA) is 45.2 Å². The lowest BCUT2D eigenvalue weighted by molar-refractivity contribution is 0.0691. The van der Waals surface area contributed by atoms with Gasteiger partial charge in [-0.1, -0.05) is 0 Å². The van der Waals surface area contributed by atoms with Crippen LogP contribution in [0, 0.1) is 0 Å². The molecule has 1 unspecified atom stereocenters. The number of rotatable bonds is 2. The Labute approximate surface area is 110 Å². The lowest BCUT2D eigenvalue weighted by Gasteiger charge is -2.32. The summed E-state index contributed by atoms with van der Waals surface area (Å²) < 4.78 is 0.761. The molecular weight excluding hydrogens is 282 g/mol. The molecule has 0 bridgehead atoms. The van der Waals surface area contributed by atoms with Gasteiger partial charge in [0.25, 0.3) is 5.91 Å². The van der Waals surface area contributed by atoms with Crippen LogP contribution in [-0.4, -0.2) is 42.0 Å². The average molecular weight is 298 g/mol. The maximum Gasteiger partial charge on any atom is 0.273 e. The van der Waals surface area contributed by atoms with E-state index < -0.39 is 0 Å². The Bertz CT molecular complexity index is 410. The van der Waals surface area contributed by atoms with Crippen molar-refractivity contribution in [2.45, 2.75) is 18.9 Å². The molecule has 2 heterocycles. The molecule has 0 saturated carbocycles. The highest BCUT2D eigenvalue weighted by Crippen LogP contribution is 2.18. The van der Waals surface area contributed by atoms with Crippen LogP contribution in [0.5, 0.6) is 0 Å². The second kappa shape index (κ2) is 5.60.